The molecule has 0 atom stereocenters. The average Bonchev–Trinajstić information content (AvgIpc) is 2.55. The average molecular weight is 433 g/mol. The van der Waals surface area contributed by atoms with Crippen molar-refractivity contribution in [1.29, 1.82) is 0 Å². The number of pyridine rings is 1. The molecule has 126 valence electrons. The maximum absolute atomic E-state index is 12.0. The molecule has 0 bridgehead atoms. The van der Waals surface area contributed by atoms with Gasteiger partial charge in [0.05, 0.1) is 34.0 Å². The van der Waals surface area contributed by atoms with Crippen LogP contribution < -0.4 is 10.2 Å². The summed E-state index contributed by atoms with van der Waals surface area (Å²) >= 11 is 15.3. The standard InChI is InChI=1S/C15H12BrCl2N3O3/c1-2-24-12-4-11(17)13(18)10(14(12)22)7-20-21-15(23)8-3-9(16)6-19-5-8/h3-7,22H,2H2,1H3,(H,21,23). The fourth-order valence-electron chi connectivity index (χ4n) is 1.75. The molecule has 0 fully saturated rings. The summed E-state index contributed by atoms with van der Waals surface area (Å²) in [6.45, 7) is 2.11. The molecular weight excluding hydrogens is 421 g/mol. The third-order valence-electron chi connectivity index (χ3n) is 2.82. The van der Waals surface area contributed by atoms with Crippen molar-refractivity contribution in [1.82, 2.24) is 10.4 Å². The Morgan fingerprint density at radius 1 is 1.46 bits per heavy atom. The second-order valence-electron chi connectivity index (χ2n) is 4.46. The van der Waals surface area contributed by atoms with Gasteiger partial charge in [0.15, 0.2) is 11.5 Å². The number of aromatic hydroxyl groups is 1. The lowest BCUT2D eigenvalue weighted by Crippen LogP contribution is -2.17. The van der Waals surface area contributed by atoms with E-state index in [1.807, 2.05) is 0 Å². The van der Waals surface area contributed by atoms with Crippen molar-refractivity contribution >= 4 is 51.3 Å². The summed E-state index contributed by atoms with van der Waals surface area (Å²) in [5.41, 5.74) is 2.77. The zero-order chi connectivity index (χ0) is 17.7. The minimum absolute atomic E-state index is 0.0970. The molecular formula is C15H12BrCl2N3O3. The van der Waals surface area contributed by atoms with Crippen molar-refractivity contribution in [3.63, 3.8) is 0 Å². The van der Waals surface area contributed by atoms with Gasteiger partial charge in [-0.3, -0.25) is 9.78 Å². The number of nitrogens with one attached hydrogen (secondary N) is 1. The lowest BCUT2D eigenvalue weighted by Gasteiger charge is -2.10. The number of amides is 1. The Hall–Kier alpha value is -1.83. The highest BCUT2D eigenvalue weighted by atomic mass is 79.9. The summed E-state index contributed by atoms with van der Waals surface area (Å²) in [7, 11) is 0. The first kappa shape index (κ1) is 18.5. The van der Waals surface area contributed by atoms with Crippen molar-refractivity contribution in [2.24, 2.45) is 5.10 Å². The first-order chi connectivity index (χ1) is 11.4. The molecule has 0 aliphatic carbocycles. The zero-order valence-corrected chi connectivity index (χ0v) is 15.5. The normalized spacial score (nSPS) is 10.8. The van der Waals surface area contributed by atoms with Crippen LogP contribution in [0.3, 0.4) is 0 Å². The van der Waals surface area contributed by atoms with E-state index in [0.717, 1.165) is 0 Å². The first-order valence-electron chi connectivity index (χ1n) is 6.71. The van der Waals surface area contributed by atoms with Gasteiger partial charge in [0.1, 0.15) is 0 Å². The molecule has 9 heteroatoms. The summed E-state index contributed by atoms with van der Waals surface area (Å²) in [5, 5.41) is 14.2. The number of phenols is 1. The Morgan fingerprint density at radius 2 is 2.21 bits per heavy atom. The minimum atomic E-state index is -0.470. The Bertz CT molecular complexity index is 800. The number of aromatic nitrogens is 1. The topological polar surface area (TPSA) is 83.8 Å². The zero-order valence-electron chi connectivity index (χ0n) is 12.4. The van der Waals surface area contributed by atoms with Gasteiger partial charge in [0.25, 0.3) is 5.91 Å². The number of hydrogen-bond donors (Lipinski definition) is 2. The summed E-state index contributed by atoms with van der Waals surface area (Å²) in [6.07, 6.45) is 4.14. The van der Waals surface area contributed by atoms with Gasteiger partial charge in [-0.2, -0.15) is 5.10 Å². The molecule has 1 aromatic carbocycles. The van der Waals surface area contributed by atoms with Crippen molar-refractivity contribution in [3.8, 4) is 11.5 Å². The molecule has 24 heavy (non-hydrogen) atoms. The number of hydrazone groups is 1. The minimum Gasteiger partial charge on any atom is -0.504 e. The van der Waals surface area contributed by atoms with E-state index in [0.29, 0.717) is 16.6 Å². The number of rotatable bonds is 5. The predicted octanol–water partition coefficient (Wildman–Crippen LogP) is 4.02. The molecule has 1 aromatic heterocycles. The van der Waals surface area contributed by atoms with Crippen LogP contribution in [0.4, 0.5) is 0 Å². The number of carbonyl (C=O) groups excluding carboxylic acids is 1. The Morgan fingerprint density at radius 3 is 2.88 bits per heavy atom. The summed E-state index contributed by atoms with van der Waals surface area (Å²) in [4.78, 5) is 15.9. The predicted molar refractivity (Wildman–Crippen MR) is 96.3 cm³/mol. The molecule has 0 unspecified atom stereocenters. The molecule has 6 nitrogen and oxygen atoms in total. The van der Waals surface area contributed by atoms with E-state index in [4.69, 9.17) is 27.9 Å². The molecule has 2 N–H and O–H groups in total. The van der Waals surface area contributed by atoms with Crippen molar-refractivity contribution in [2.45, 2.75) is 6.92 Å². The number of phenolic OH excluding ortho intramolecular Hbond substituents is 1. The van der Waals surface area contributed by atoms with Gasteiger partial charge in [0.2, 0.25) is 0 Å². The molecule has 0 spiro atoms. The van der Waals surface area contributed by atoms with E-state index < -0.39 is 5.91 Å². The van der Waals surface area contributed by atoms with E-state index in [2.05, 4.69) is 31.4 Å². The van der Waals surface area contributed by atoms with Gasteiger partial charge >= 0.3 is 0 Å². The third kappa shape index (κ3) is 4.37. The highest BCUT2D eigenvalue weighted by molar-refractivity contribution is 9.10. The monoisotopic (exact) mass is 431 g/mol. The van der Waals surface area contributed by atoms with Crippen LogP contribution >= 0.6 is 39.1 Å². The van der Waals surface area contributed by atoms with E-state index >= 15 is 0 Å². The largest absolute Gasteiger partial charge is 0.504 e. The maximum Gasteiger partial charge on any atom is 0.272 e. The van der Waals surface area contributed by atoms with Crippen molar-refractivity contribution in [3.05, 3.63) is 50.2 Å². The molecule has 1 heterocycles. The smallest absolute Gasteiger partial charge is 0.272 e. The molecule has 0 saturated heterocycles. The van der Waals surface area contributed by atoms with Gasteiger partial charge in [-0.05, 0) is 28.9 Å². The SMILES string of the molecule is CCOc1cc(Cl)c(Cl)c(C=NNC(=O)c2cncc(Br)c2)c1O. The number of halogens is 3. The van der Waals surface area contributed by atoms with Crippen LogP contribution in [0.25, 0.3) is 0 Å². The van der Waals surface area contributed by atoms with Crippen LogP contribution in [0, 0.1) is 0 Å². The second-order valence-corrected chi connectivity index (χ2v) is 6.16. The van der Waals surface area contributed by atoms with E-state index in [1.165, 1.54) is 18.5 Å². The summed E-state index contributed by atoms with van der Waals surface area (Å²) in [6, 6.07) is 3.00. The van der Waals surface area contributed by atoms with Crippen LogP contribution in [0.5, 0.6) is 11.5 Å². The number of carbonyl (C=O) groups is 1. The van der Waals surface area contributed by atoms with Crippen molar-refractivity contribution < 1.29 is 14.6 Å². The third-order valence-corrected chi connectivity index (χ3v) is 4.05. The fourth-order valence-corrected chi connectivity index (χ4v) is 2.51. The molecule has 2 rings (SSSR count). The summed E-state index contributed by atoms with van der Waals surface area (Å²) in [5.74, 6) is -0.507. The van der Waals surface area contributed by atoms with Gasteiger partial charge in [0, 0.05) is 22.9 Å². The molecule has 0 radical (unpaired) electrons. The van der Waals surface area contributed by atoms with Crippen molar-refractivity contribution in [2.75, 3.05) is 6.61 Å². The van der Waals surface area contributed by atoms with Gasteiger partial charge in [-0.25, -0.2) is 5.43 Å². The lowest BCUT2D eigenvalue weighted by molar-refractivity contribution is 0.0954. The highest BCUT2D eigenvalue weighted by Gasteiger charge is 2.15. The van der Waals surface area contributed by atoms with Gasteiger partial charge in [-0.15, -0.1) is 0 Å². The molecule has 0 aliphatic heterocycles. The second kappa shape index (κ2) is 8.32. The quantitative estimate of drug-likeness (QED) is 0.552. The maximum atomic E-state index is 12.0. The fraction of sp³-hybridized carbons (Fsp3) is 0.133. The lowest BCUT2D eigenvalue weighted by atomic mass is 10.2. The summed E-state index contributed by atoms with van der Waals surface area (Å²) < 4.78 is 5.93. The van der Waals surface area contributed by atoms with Crippen LogP contribution in [-0.2, 0) is 0 Å². The first-order valence-corrected chi connectivity index (χ1v) is 8.26. The highest BCUT2D eigenvalue weighted by Crippen LogP contribution is 2.39. The van der Waals surface area contributed by atoms with E-state index in [9.17, 15) is 9.90 Å². The Kier molecular flexibility index (Phi) is 6.42. The Balaban J connectivity index is 2.21. The molecule has 1 amide bonds. The van der Waals surface area contributed by atoms with E-state index in [-0.39, 0.29) is 27.1 Å². The van der Waals surface area contributed by atoms with Gasteiger partial charge in [-0.1, -0.05) is 23.2 Å². The van der Waals surface area contributed by atoms with E-state index in [1.54, 1.807) is 19.2 Å². The number of hydrogen-bond acceptors (Lipinski definition) is 5. The van der Waals surface area contributed by atoms with Crippen LogP contribution in [0.15, 0.2) is 34.1 Å². The van der Waals surface area contributed by atoms with Crippen LogP contribution in [0.1, 0.15) is 22.8 Å². The molecule has 2 aromatic rings. The van der Waals surface area contributed by atoms with Crippen LogP contribution in [-0.4, -0.2) is 28.8 Å². The Labute approximate surface area is 156 Å². The van der Waals surface area contributed by atoms with Gasteiger partial charge < -0.3 is 9.84 Å². The molecule has 0 aliphatic rings. The number of nitrogens with zero attached hydrogens (tertiary/aromatic N) is 2. The number of benzene rings is 1. The van der Waals surface area contributed by atoms with Crippen LogP contribution in [0.2, 0.25) is 10.0 Å². The number of ether oxygens (including phenoxy) is 1. The molecule has 0 saturated carbocycles.